The first kappa shape index (κ1) is 11.6. The molecule has 2 rings (SSSR count). The number of hydrogen-bond donors (Lipinski definition) is 0. The molecule has 4 nitrogen and oxygen atoms in total. The summed E-state index contributed by atoms with van der Waals surface area (Å²) in [4.78, 5) is 22.9. The molecule has 17 heavy (non-hydrogen) atoms. The lowest BCUT2D eigenvalue weighted by atomic mass is 9.88. The van der Waals surface area contributed by atoms with Crippen molar-refractivity contribution in [2.75, 3.05) is 7.11 Å². The quantitative estimate of drug-likeness (QED) is 0.731. The third-order valence-corrected chi connectivity index (χ3v) is 2.85. The van der Waals surface area contributed by atoms with E-state index in [1.165, 1.54) is 6.92 Å². The number of fused-ring (bicyclic) bond motifs is 1. The number of esters is 1. The van der Waals surface area contributed by atoms with E-state index in [2.05, 4.69) is 0 Å². The van der Waals surface area contributed by atoms with Gasteiger partial charge in [0.1, 0.15) is 5.75 Å². The highest BCUT2D eigenvalue weighted by Crippen LogP contribution is 2.26. The molecule has 0 aliphatic heterocycles. The molecule has 1 aromatic carbocycles. The molecule has 0 saturated carbocycles. The van der Waals surface area contributed by atoms with E-state index >= 15 is 0 Å². The number of rotatable bonds is 2. The van der Waals surface area contributed by atoms with Gasteiger partial charge >= 0.3 is 5.97 Å². The van der Waals surface area contributed by atoms with Gasteiger partial charge in [-0.3, -0.25) is 9.59 Å². The van der Waals surface area contributed by atoms with Gasteiger partial charge in [-0.1, -0.05) is 0 Å². The van der Waals surface area contributed by atoms with Gasteiger partial charge in [0, 0.05) is 12.5 Å². The molecule has 0 fully saturated rings. The molecule has 0 N–H and O–H groups in total. The van der Waals surface area contributed by atoms with Crippen LogP contribution in [0.15, 0.2) is 18.2 Å². The number of carbonyl (C=O) groups is 2. The molecule has 0 bridgehead atoms. The summed E-state index contributed by atoms with van der Waals surface area (Å²) in [7, 11) is 1.59. The summed E-state index contributed by atoms with van der Waals surface area (Å²) >= 11 is 0. The predicted octanol–water partition coefficient (Wildman–Crippen LogP) is 1.76. The Bertz CT molecular complexity index is 464. The molecule has 0 heterocycles. The van der Waals surface area contributed by atoms with E-state index in [1.54, 1.807) is 19.2 Å². The van der Waals surface area contributed by atoms with Crippen molar-refractivity contribution in [3.63, 3.8) is 0 Å². The zero-order chi connectivity index (χ0) is 12.4. The molecule has 0 aromatic heterocycles. The molecular formula is C13H14O4. The van der Waals surface area contributed by atoms with Gasteiger partial charge < -0.3 is 9.47 Å². The first-order chi connectivity index (χ1) is 8.11. The largest absolute Gasteiger partial charge is 0.497 e. The molecule has 1 aliphatic rings. The summed E-state index contributed by atoms with van der Waals surface area (Å²) in [6, 6.07) is 5.33. The Morgan fingerprint density at radius 3 is 2.82 bits per heavy atom. The number of Topliss-reactive ketones (excluding diaryl/α,β-unsaturated/α-hetero) is 1. The highest BCUT2D eigenvalue weighted by atomic mass is 16.5. The van der Waals surface area contributed by atoms with Crippen molar-refractivity contribution < 1.29 is 19.1 Å². The van der Waals surface area contributed by atoms with Crippen molar-refractivity contribution in [3.05, 3.63) is 29.3 Å². The van der Waals surface area contributed by atoms with Crippen LogP contribution < -0.4 is 4.74 Å². The van der Waals surface area contributed by atoms with E-state index in [0.717, 1.165) is 17.7 Å². The van der Waals surface area contributed by atoms with Crippen LogP contribution in [0.4, 0.5) is 0 Å². The molecule has 0 spiro atoms. The molecule has 1 unspecified atom stereocenters. The van der Waals surface area contributed by atoms with Crippen LogP contribution >= 0.6 is 0 Å². The lowest BCUT2D eigenvalue weighted by molar-refractivity contribution is -0.144. The van der Waals surface area contributed by atoms with Gasteiger partial charge in [-0.15, -0.1) is 0 Å². The minimum Gasteiger partial charge on any atom is -0.497 e. The highest BCUT2D eigenvalue weighted by Gasteiger charge is 2.29. The van der Waals surface area contributed by atoms with Crippen molar-refractivity contribution in [2.24, 2.45) is 0 Å². The van der Waals surface area contributed by atoms with Gasteiger partial charge in [-0.2, -0.15) is 0 Å². The van der Waals surface area contributed by atoms with Crippen LogP contribution in [0.2, 0.25) is 0 Å². The Hall–Kier alpha value is -1.84. The SMILES string of the molecule is COc1ccc2c(c1)CCC(OC(C)=O)C2=O. The second kappa shape index (κ2) is 4.57. The Labute approximate surface area is 99.5 Å². The molecule has 1 aromatic rings. The van der Waals surface area contributed by atoms with E-state index in [4.69, 9.17) is 9.47 Å². The maximum absolute atomic E-state index is 12.0. The number of ether oxygens (including phenoxy) is 2. The number of methoxy groups -OCH3 is 1. The van der Waals surface area contributed by atoms with Crippen LogP contribution in [0.1, 0.15) is 29.3 Å². The molecular weight excluding hydrogens is 220 g/mol. The van der Waals surface area contributed by atoms with Crippen LogP contribution in [-0.2, 0) is 16.0 Å². The van der Waals surface area contributed by atoms with E-state index in [0.29, 0.717) is 12.0 Å². The van der Waals surface area contributed by atoms with Gasteiger partial charge in [-0.25, -0.2) is 0 Å². The van der Waals surface area contributed by atoms with Gasteiger partial charge in [0.25, 0.3) is 0 Å². The van der Waals surface area contributed by atoms with Crippen LogP contribution in [0.3, 0.4) is 0 Å². The normalized spacial score (nSPS) is 18.5. The molecule has 4 heteroatoms. The van der Waals surface area contributed by atoms with Crippen LogP contribution in [-0.4, -0.2) is 25.0 Å². The van der Waals surface area contributed by atoms with E-state index < -0.39 is 12.1 Å². The zero-order valence-electron chi connectivity index (χ0n) is 9.86. The van der Waals surface area contributed by atoms with Crippen LogP contribution in [0, 0.1) is 0 Å². The average molecular weight is 234 g/mol. The van der Waals surface area contributed by atoms with Crippen LogP contribution in [0.5, 0.6) is 5.75 Å². The molecule has 0 amide bonds. The maximum Gasteiger partial charge on any atom is 0.303 e. The fraction of sp³-hybridized carbons (Fsp3) is 0.385. The van der Waals surface area contributed by atoms with Gasteiger partial charge in [0.05, 0.1) is 7.11 Å². The second-order valence-electron chi connectivity index (χ2n) is 4.02. The topological polar surface area (TPSA) is 52.6 Å². The minimum absolute atomic E-state index is 0.121. The minimum atomic E-state index is -0.631. The lowest BCUT2D eigenvalue weighted by Gasteiger charge is -2.23. The fourth-order valence-corrected chi connectivity index (χ4v) is 2.05. The van der Waals surface area contributed by atoms with E-state index in [9.17, 15) is 9.59 Å². The van der Waals surface area contributed by atoms with Crippen LogP contribution in [0.25, 0.3) is 0 Å². The summed E-state index contributed by atoms with van der Waals surface area (Å²) in [6.07, 6.45) is 0.628. The number of aryl methyl sites for hydroxylation is 1. The maximum atomic E-state index is 12.0. The van der Waals surface area contributed by atoms with Crippen molar-refractivity contribution in [1.29, 1.82) is 0 Å². The summed E-state index contributed by atoms with van der Waals surface area (Å²) in [5.74, 6) is 0.201. The monoisotopic (exact) mass is 234 g/mol. The fourth-order valence-electron chi connectivity index (χ4n) is 2.05. The Morgan fingerprint density at radius 2 is 2.18 bits per heavy atom. The first-order valence-corrected chi connectivity index (χ1v) is 5.50. The van der Waals surface area contributed by atoms with Crippen molar-refractivity contribution in [2.45, 2.75) is 25.9 Å². The summed E-state index contributed by atoms with van der Waals surface area (Å²) in [6.45, 7) is 1.32. The zero-order valence-corrected chi connectivity index (χ0v) is 9.86. The second-order valence-corrected chi connectivity index (χ2v) is 4.02. The first-order valence-electron chi connectivity index (χ1n) is 5.50. The molecule has 1 atom stereocenters. The van der Waals surface area contributed by atoms with Gasteiger partial charge in [0.2, 0.25) is 5.78 Å². The van der Waals surface area contributed by atoms with Crippen molar-refractivity contribution in [1.82, 2.24) is 0 Å². The molecule has 1 aliphatic carbocycles. The molecule has 0 saturated heterocycles. The third kappa shape index (κ3) is 2.30. The Morgan fingerprint density at radius 1 is 1.41 bits per heavy atom. The molecule has 90 valence electrons. The van der Waals surface area contributed by atoms with Gasteiger partial charge in [0.15, 0.2) is 6.10 Å². The number of hydrogen-bond acceptors (Lipinski definition) is 4. The standard InChI is InChI=1S/C13H14O4/c1-8(14)17-12-6-3-9-7-10(16-2)4-5-11(9)13(12)15/h4-5,7,12H,3,6H2,1-2H3. The number of carbonyl (C=O) groups excluding carboxylic acids is 2. The van der Waals surface area contributed by atoms with E-state index in [-0.39, 0.29) is 5.78 Å². The predicted molar refractivity (Wildman–Crippen MR) is 61.2 cm³/mol. The van der Waals surface area contributed by atoms with Gasteiger partial charge in [-0.05, 0) is 36.6 Å². The van der Waals surface area contributed by atoms with Crippen molar-refractivity contribution in [3.8, 4) is 5.75 Å². The number of benzene rings is 1. The summed E-state index contributed by atoms with van der Waals surface area (Å²) in [5.41, 5.74) is 1.58. The average Bonchev–Trinajstić information content (AvgIpc) is 2.32. The third-order valence-electron chi connectivity index (χ3n) is 2.85. The molecule has 0 radical (unpaired) electrons. The Kier molecular flexibility index (Phi) is 3.13. The smallest absolute Gasteiger partial charge is 0.303 e. The number of ketones is 1. The Balaban J connectivity index is 2.27. The lowest BCUT2D eigenvalue weighted by Crippen LogP contribution is -2.31. The summed E-state index contributed by atoms with van der Waals surface area (Å²) < 4.78 is 10.1. The van der Waals surface area contributed by atoms with E-state index in [1.807, 2.05) is 6.07 Å². The van der Waals surface area contributed by atoms with Crippen molar-refractivity contribution >= 4 is 11.8 Å². The highest BCUT2D eigenvalue weighted by molar-refractivity contribution is 6.02. The summed E-state index contributed by atoms with van der Waals surface area (Å²) in [5, 5.41) is 0.